The van der Waals surface area contributed by atoms with Crippen LogP contribution in [0.4, 0.5) is 0 Å². The van der Waals surface area contributed by atoms with Gasteiger partial charge in [0.25, 0.3) is 0 Å². The zero-order valence-electron chi connectivity index (χ0n) is 62.1. The third-order valence-corrected chi connectivity index (χ3v) is 96.3. The van der Waals surface area contributed by atoms with Crippen molar-refractivity contribution in [1.29, 1.82) is 0 Å². The van der Waals surface area contributed by atoms with Gasteiger partial charge in [-0.15, -0.1) is 0 Å². The molecule has 0 spiro atoms. The van der Waals surface area contributed by atoms with E-state index in [2.05, 4.69) is 158 Å². The molecular formula is C52H114O23Si16. The van der Waals surface area contributed by atoms with E-state index >= 15 is 0 Å². The molecular weight excluding hydrogens is 1440 g/mol. The molecule has 6 saturated heterocycles. The minimum absolute atomic E-state index is 0.0500. The van der Waals surface area contributed by atoms with Gasteiger partial charge in [0.1, 0.15) is 0 Å². The summed E-state index contributed by atoms with van der Waals surface area (Å²) in [7, 11) is -72.4. The highest BCUT2D eigenvalue weighted by Crippen LogP contribution is 2.58. The van der Waals surface area contributed by atoms with Crippen molar-refractivity contribution in [3.63, 3.8) is 0 Å². The van der Waals surface area contributed by atoms with Gasteiger partial charge in [0.15, 0.2) is 58.2 Å². The van der Waals surface area contributed by atoms with Crippen LogP contribution in [0.1, 0.15) is 166 Å². The van der Waals surface area contributed by atoms with E-state index in [0.29, 0.717) is 5.19 Å². The number of hydrogen-bond donors (Lipinski definition) is 0. The van der Waals surface area contributed by atoms with Crippen LogP contribution < -0.4 is 5.19 Å². The number of fused-ring (bicyclic) bond motifs is 1. The molecule has 0 aliphatic carbocycles. The molecule has 0 saturated carbocycles. The monoisotopic (exact) mass is 1550 g/mol. The number of carbonyl (C=O) groups is 2. The van der Waals surface area contributed by atoms with Crippen molar-refractivity contribution in [2.24, 2.45) is 0 Å². The van der Waals surface area contributed by atoms with Crippen LogP contribution in [0.15, 0.2) is 18.2 Å². The Labute approximate surface area is 563 Å². The first-order valence-corrected chi connectivity index (χ1v) is 68.0. The Morgan fingerprint density at radius 1 is 0.264 bits per heavy atom. The third-order valence-electron chi connectivity index (χ3n) is 21.0. The van der Waals surface area contributed by atoms with Crippen LogP contribution in [0, 0.1) is 0 Å². The summed E-state index contributed by atoms with van der Waals surface area (Å²) in [4.78, 5) is 26.6. The Morgan fingerprint density at radius 2 is 0.429 bits per heavy atom. The Morgan fingerprint density at radius 3 is 0.604 bits per heavy atom. The molecule has 7 heterocycles. The van der Waals surface area contributed by atoms with Crippen LogP contribution in [0.3, 0.4) is 0 Å². The van der Waals surface area contributed by atoms with E-state index in [4.69, 9.17) is 87.0 Å². The van der Waals surface area contributed by atoms with Gasteiger partial charge in [-0.2, -0.15) is 0 Å². The van der Waals surface area contributed by atoms with E-state index in [-0.39, 0.29) is 11.1 Å². The molecule has 23 nitrogen and oxygen atoms in total. The summed E-state index contributed by atoms with van der Waals surface area (Å²) < 4.78 is 166. The minimum Gasteiger partial charge on any atom is -0.395 e. The van der Waals surface area contributed by atoms with Gasteiger partial charge >= 0.3 is 84.3 Å². The standard InChI is InChI=1S/C52H114O23Si16/c1-46(2,3)77(24,25)57-85-64-84(56-76(22,23)41-38-39-42-43(40-41)45(54)55-44(42)53)65-86(58-78(26,27)47(4,5)6)69-88(67-85,60-80(30,31)49(10,11)12)73-91(63-83(36,37)52(19,20)21)74-89(68-85,61-81(32,33)50(13,14)15)70-87(66-84,59-79(28,29)48(7,8)9)72-90(71-86,75-91)62-82(34,35)51(16,17)18/h38-40H,1-37H3. The van der Waals surface area contributed by atoms with Gasteiger partial charge in [-0.05, 0) is 157 Å². The maximum atomic E-state index is 13.5. The predicted molar refractivity (Wildman–Crippen MR) is 381 cm³/mol. The summed E-state index contributed by atoms with van der Waals surface area (Å²) in [6.45, 7) is 76.0. The van der Waals surface area contributed by atoms with Crippen LogP contribution in [-0.4, -0.2) is 151 Å². The molecule has 91 heavy (non-hydrogen) atoms. The van der Waals surface area contributed by atoms with E-state index in [1.54, 1.807) is 18.2 Å². The molecule has 6 fully saturated rings. The van der Waals surface area contributed by atoms with Crippen molar-refractivity contribution in [3.05, 3.63) is 29.3 Å². The van der Waals surface area contributed by atoms with Crippen molar-refractivity contribution in [2.45, 2.75) is 285 Å². The molecule has 1 aromatic rings. The number of rotatable bonds is 17. The normalized spacial score (nSPS) is 32.1. The van der Waals surface area contributed by atoms with Gasteiger partial charge in [-0.3, -0.25) is 0 Å². The molecule has 8 rings (SSSR count). The lowest BCUT2D eigenvalue weighted by Crippen LogP contribution is -2.93. The predicted octanol–water partition coefficient (Wildman–Crippen LogP) is 14.3. The quantitative estimate of drug-likeness (QED) is 0.0802. The first-order valence-electron chi connectivity index (χ1n) is 31.7. The first-order chi connectivity index (χ1) is 39.8. The van der Waals surface area contributed by atoms with Gasteiger partial charge < -0.3 is 87.0 Å². The largest absolute Gasteiger partial charge is 0.651 e. The number of hydrogen-bond acceptors (Lipinski definition) is 23. The van der Waals surface area contributed by atoms with Crippen LogP contribution >= 0.6 is 0 Å². The van der Waals surface area contributed by atoms with Crippen LogP contribution in [-0.2, 0) is 87.0 Å². The van der Waals surface area contributed by atoms with E-state index in [1.165, 1.54) is 0 Å². The van der Waals surface area contributed by atoms with E-state index in [1.807, 2.05) is 91.7 Å². The second kappa shape index (κ2) is 23.3. The second-order valence-corrected chi connectivity index (χ2v) is 95.9. The van der Waals surface area contributed by atoms with Crippen molar-refractivity contribution in [2.75, 3.05) is 0 Å². The van der Waals surface area contributed by atoms with Crippen LogP contribution in [0.5, 0.6) is 0 Å². The summed E-state index contributed by atoms with van der Waals surface area (Å²) in [6, 6.07) is 4.85. The maximum Gasteiger partial charge on any atom is 0.651 e. The average Bonchev–Trinajstić information content (AvgIpc) is 0.973. The van der Waals surface area contributed by atoms with Gasteiger partial charge in [0.2, 0.25) is 8.32 Å². The third kappa shape index (κ3) is 15.6. The number of benzene rings is 1. The zero-order chi connectivity index (χ0) is 70.4. The number of ether oxygens (including phenoxy) is 1. The molecule has 0 N–H and O–H groups in total. The van der Waals surface area contributed by atoms with Crippen molar-refractivity contribution in [3.8, 4) is 0 Å². The average molecular weight is 1560 g/mol. The molecule has 524 valence electrons. The lowest BCUT2D eigenvalue weighted by molar-refractivity contribution is -0.131. The van der Waals surface area contributed by atoms with Crippen LogP contribution in [0.2, 0.25) is 140 Å². The van der Waals surface area contributed by atoms with Crippen molar-refractivity contribution >= 4 is 156 Å². The van der Waals surface area contributed by atoms with Gasteiger partial charge in [-0.25, -0.2) is 9.59 Å². The topological polar surface area (TPSA) is 228 Å². The fraction of sp³-hybridized carbons (Fsp3) is 0.846. The second-order valence-electron chi connectivity index (χ2n) is 36.3. The van der Waals surface area contributed by atoms with Crippen molar-refractivity contribution in [1.82, 2.24) is 0 Å². The molecule has 7 aliphatic rings. The van der Waals surface area contributed by atoms with Gasteiger partial charge in [0, 0.05) is 0 Å². The molecule has 0 atom stereocenters. The van der Waals surface area contributed by atoms with E-state index < -0.39 is 186 Å². The zero-order valence-corrected chi connectivity index (χ0v) is 78.1. The summed E-state index contributed by atoms with van der Waals surface area (Å²) >= 11 is 0. The highest BCUT2D eigenvalue weighted by Gasteiger charge is 2.93. The molecule has 0 amide bonds. The highest BCUT2D eigenvalue weighted by atomic mass is 28.7. The number of carbonyl (C=O) groups excluding carboxylic acids is 2. The minimum atomic E-state index is -5.73. The van der Waals surface area contributed by atoms with Crippen molar-refractivity contribution < 1.29 is 96.6 Å². The lowest BCUT2D eigenvalue weighted by Gasteiger charge is -2.62. The fourth-order valence-corrected chi connectivity index (χ4v) is 78.6. The Hall–Kier alpha value is 1.03. The molecule has 1 aromatic carbocycles. The summed E-state index contributed by atoms with van der Waals surface area (Å²) in [5.41, 5.74) is 0.149. The highest BCUT2D eigenvalue weighted by molar-refractivity contribution is 7.05. The fourth-order valence-electron chi connectivity index (χ4n) is 7.93. The number of cyclic esters (lactones) is 2. The molecule has 8 bridgehead atoms. The van der Waals surface area contributed by atoms with E-state index in [9.17, 15) is 9.59 Å². The SMILES string of the molecule is CC(C)(C)[Si](C)(C)O[Si]12O[Si]3(O[Si](C)(C)c4ccc5c(c4)C(=O)OC5=O)O[Si]4(O[Si](C)(C)C(C)(C)C)O[Si](O[Si](C)(C)C(C)(C)C)(O1)O[Si]1(O[Si](C)(C)C(C)(C)C)O[Si](O[Si](C)(C)C(C)(C)C)(O2)O[Si](O[Si](C)(C)C(C)(C)C)(O3)O[Si](O[Si](C)(C)C(C)(C)C)(O4)O1. The lowest BCUT2D eigenvalue weighted by atomic mass is 10.1. The van der Waals surface area contributed by atoms with Crippen LogP contribution in [0.25, 0.3) is 0 Å². The summed E-state index contributed by atoms with van der Waals surface area (Å²) in [5, 5.41) is -3.74. The molecule has 39 heteroatoms. The van der Waals surface area contributed by atoms with Gasteiger partial charge in [0.05, 0.1) is 11.1 Å². The maximum absolute atomic E-state index is 13.5. The smallest absolute Gasteiger partial charge is 0.395 e. The summed E-state index contributed by atoms with van der Waals surface area (Å²) in [6.07, 6.45) is 0. The van der Waals surface area contributed by atoms with Gasteiger partial charge in [-0.1, -0.05) is 151 Å². The molecule has 0 aromatic heterocycles. The molecule has 7 aliphatic heterocycles. The first kappa shape index (κ1) is 79.4. The Kier molecular flexibility index (Phi) is 20.3. The van der Waals surface area contributed by atoms with E-state index in [0.717, 1.165) is 0 Å². The summed E-state index contributed by atoms with van der Waals surface area (Å²) in [5.74, 6) is -1.58. The Bertz CT molecular complexity index is 2740. The Balaban J connectivity index is 1.84. The molecule has 0 radical (unpaired) electrons. The molecule has 0 unspecified atom stereocenters. The number of esters is 2.